The maximum absolute atomic E-state index is 11.3. The second-order valence-corrected chi connectivity index (χ2v) is 9.69. The maximum Gasteiger partial charge on any atom is 0.306 e. The number of ether oxygens (including phenoxy) is 1. The molecule has 0 aliphatic carbocycles. The Morgan fingerprint density at radius 3 is 2.33 bits per heavy atom. The molecule has 1 N–H and O–H groups in total. The van der Waals surface area contributed by atoms with Crippen molar-refractivity contribution in [3.05, 3.63) is 108 Å². The van der Waals surface area contributed by atoms with E-state index in [-0.39, 0.29) is 5.92 Å². The van der Waals surface area contributed by atoms with Crippen molar-refractivity contribution in [3.63, 3.8) is 0 Å². The first-order valence-electron chi connectivity index (χ1n) is 13.7. The van der Waals surface area contributed by atoms with Crippen molar-refractivity contribution in [2.75, 3.05) is 0 Å². The van der Waals surface area contributed by atoms with Gasteiger partial charge in [0.1, 0.15) is 30.4 Å². The molecule has 0 aliphatic heterocycles. The number of rotatable bonds is 15. The van der Waals surface area contributed by atoms with Crippen LogP contribution in [0.2, 0.25) is 0 Å². The molecule has 3 aromatic carbocycles. The van der Waals surface area contributed by atoms with Gasteiger partial charge < -0.3 is 19.1 Å². The quantitative estimate of drug-likeness (QED) is 0.0938. The highest BCUT2D eigenvalue weighted by Crippen LogP contribution is 2.23. The van der Waals surface area contributed by atoms with Crippen LogP contribution in [0.3, 0.4) is 0 Å². The van der Waals surface area contributed by atoms with Gasteiger partial charge in [0.25, 0.3) is 0 Å². The zero-order valence-corrected chi connectivity index (χ0v) is 23.1. The summed E-state index contributed by atoms with van der Waals surface area (Å²) in [5, 5.41) is 13.7. The molecule has 0 fully saturated rings. The van der Waals surface area contributed by atoms with Crippen LogP contribution in [0, 0.1) is 12.8 Å². The van der Waals surface area contributed by atoms with Gasteiger partial charge in [-0.2, -0.15) is 0 Å². The number of hydrogen-bond donors (Lipinski definition) is 1. The fourth-order valence-electron chi connectivity index (χ4n) is 4.34. The molecule has 4 rings (SSSR count). The van der Waals surface area contributed by atoms with Gasteiger partial charge in [-0.25, -0.2) is 4.98 Å². The van der Waals surface area contributed by atoms with E-state index in [9.17, 15) is 9.90 Å². The third kappa shape index (κ3) is 8.30. The predicted octanol–water partition coefficient (Wildman–Crippen LogP) is 7.82. The Balaban J connectivity index is 1.29. The van der Waals surface area contributed by atoms with Crippen LogP contribution >= 0.6 is 0 Å². The van der Waals surface area contributed by atoms with Gasteiger partial charge in [-0.15, -0.1) is 0 Å². The molecule has 7 heteroatoms. The lowest BCUT2D eigenvalue weighted by Crippen LogP contribution is -2.12. The molecule has 0 spiro atoms. The summed E-state index contributed by atoms with van der Waals surface area (Å²) in [6.07, 6.45) is 3.73. The van der Waals surface area contributed by atoms with E-state index in [0.717, 1.165) is 58.9 Å². The number of unbranched alkanes of at least 4 members (excludes halogenated alkanes) is 1. The van der Waals surface area contributed by atoms with E-state index in [4.69, 9.17) is 14.0 Å². The summed E-state index contributed by atoms with van der Waals surface area (Å²) in [6, 6.07) is 27.5. The van der Waals surface area contributed by atoms with Crippen molar-refractivity contribution >= 4 is 11.7 Å². The van der Waals surface area contributed by atoms with E-state index in [1.54, 1.807) is 0 Å². The fourth-order valence-corrected chi connectivity index (χ4v) is 4.34. The number of nitrogens with zero attached hydrogens (tertiary/aromatic N) is 2. The number of aliphatic carboxylic acids is 1. The normalized spacial score (nSPS) is 12.2. The number of benzene rings is 3. The van der Waals surface area contributed by atoms with E-state index < -0.39 is 5.97 Å². The standard InChI is InChI=1S/C33H36N2O5/c1-3-26(33(36)37)12-10-11-17-30(27-13-6-4-7-14-27)35-39-22-25-18-20-29(21-19-25)38-23-31-24(2)40-32(34-31)28-15-8-5-9-16-28/h4-9,13-16,18-21,26H,3,10-12,17,22-23H2,1-2H3,(H,36,37). The van der Waals surface area contributed by atoms with Gasteiger partial charge in [0.05, 0.1) is 11.6 Å². The molecule has 0 saturated heterocycles. The molecule has 0 saturated carbocycles. The maximum atomic E-state index is 11.3. The topological polar surface area (TPSA) is 94.2 Å². The zero-order chi connectivity index (χ0) is 28.2. The lowest BCUT2D eigenvalue weighted by molar-refractivity contribution is -0.142. The lowest BCUT2D eigenvalue weighted by Gasteiger charge is -2.10. The first-order chi connectivity index (χ1) is 19.5. The Morgan fingerprint density at radius 2 is 1.65 bits per heavy atom. The van der Waals surface area contributed by atoms with Crippen molar-refractivity contribution in [2.45, 2.75) is 59.2 Å². The molecule has 208 valence electrons. The molecule has 0 amide bonds. The van der Waals surface area contributed by atoms with Crippen LogP contribution in [0.15, 0.2) is 94.5 Å². The molecule has 1 aromatic heterocycles. The van der Waals surface area contributed by atoms with E-state index in [1.807, 2.05) is 98.8 Å². The third-order valence-electron chi connectivity index (χ3n) is 6.78. The minimum atomic E-state index is -0.718. The van der Waals surface area contributed by atoms with Gasteiger partial charge in [0, 0.05) is 5.56 Å². The molecule has 40 heavy (non-hydrogen) atoms. The Kier molecular flexibility index (Phi) is 10.5. The highest BCUT2D eigenvalue weighted by molar-refractivity contribution is 6.00. The van der Waals surface area contributed by atoms with Crippen LogP contribution < -0.4 is 4.74 Å². The van der Waals surface area contributed by atoms with Gasteiger partial charge in [0.15, 0.2) is 0 Å². The molecule has 1 atom stereocenters. The summed E-state index contributed by atoms with van der Waals surface area (Å²) in [6.45, 7) is 4.45. The highest BCUT2D eigenvalue weighted by Gasteiger charge is 2.15. The first kappa shape index (κ1) is 28.6. The van der Waals surface area contributed by atoms with Gasteiger partial charge >= 0.3 is 5.97 Å². The number of oxime groups is 1. The summed E-state index contributed by atoms with van der Waals surface area (Å²) in [5.74, 6) is 1.05. The summed E-state index contributed by atoms with van der Waals surface area (Å²) in [4.78, 5) is 21.6. The predicted molar refractivity (Wildman–Crippen MR) is 155 cm³/mol. The van der Waals surface area contributed by atoms with E-state index in [0.29, 0.717) is 31.9 Å². The second kappa shape index (κ2) is 14.7. The summed E-state index contributed by atoms with van der Waals surface area (Å²) < 4.78 is 11.8. The van der Waals surface area contributed by atoms with Gasteiger partial charge in [-0.1, -0.05) is 79.2 Å². The molecule has 7 nitrogen and oxygen atoms in total. The molecule has 0 bridgehead atoms. The molecule has 0 aliphatic rings. The Hall–Kier alpha value is -4.39. The summed E-state index contributed by atoms with van der Waals surface area (Å²) in [5.41, 5.74) is 4.54. The van der Waals surface area contributed by atoms with Crippen LogP contribution in [-0.2, 0) is 22.8 Å². The van der Waals surface area contributed by atoms with Crippen molar-refractivity contribution in [1.29, 1.82) is 0 Å². The number of aromatic nitrogens is 1. The van der Waals surface area contributed by atoms with Crippen LogP contribution in [0.4, 0.5) is 0 Å². The van der Waals surface area contributed by atoms with Crippen LogP contribution in [0.25, 0.3) is 11.5 Å². The highest BCUT2D eigenvalue weighted by atomic mass is 16.6. The van der Waals surface area contributed by atoms with Gasteiger partial charge in [0.2, 0.25) is 5.89 Å². The van der Waals surface area contributed by atoms with E-state index in [2.05, 4.69) is 10.1 Å². The van der Waals surface area contributed by atoms with Crippen LogP contribution in [0.1, 0.15) is 61.6 Å². The van der Waals surface area contributed by atoms with Crippen LogP contribution in [0.5, 0.6) is 5.75 Å². The number of hydrogen-bond acceptors (Lipinski definition) is 6. The lowest BCUT2D eigenvalue weighted by atomic mass is 9.97. The van der Waals surface area contributed by atoms with E-state index >= 15 is 0 Å². The monoisotopic (exact) mass is 540 g/mol. The Morgan fingerprint density at radius 1 is 0.950 bits per heavy atom. The molecule has 0 radical (unpaired) electrons. The van der Waals surface area contributed by atoms with Crippen molar-refractivity contribution in [3.8, 4) is 17.2 Å². The molecule has 4 aromatic rings. The average Bonchev–Trinajstić information content (AvgIpc) is 3.36. The fraction of sp³-hybridized carbons (Fsp3) is 0.303. The van der Waals surface area contributed by atoms with Crippen molar-refractivity contribution in [2.24, 2.45) is 11.1 Å². The molecule has 1 heterocycles. The Labute approximate surface area is 235 Å². The molecular formula is C33H36N2O5. The van der Waals surface area contributed by atoms with Gasteiger partial charge in [-0.3, -0.25) is 4.79 Å². The summed E-state index contributed by atoms with van der Waals surface area (Å²) >= 11 is 0. The minimum absolute atomic E-state index is 0.285. The number of aryl methyl sites for hydroxylation is 1. The molecule has 1 unspecified atom stereocenters. The number of carboxylic acids is 1. The zero-order valence-electron chi connectivity index (χ0n) is 23.1. The Bertz CT molecular complexity index is 1370. The van der Waals surface area contributed by atoms with Crippen molar-refractivity contribution in [1.82, 2.24) is 4.98 Å². The second-order valence-electron chi connectivity index (χ2n) is 9.69. The smallest absolute Gasteiger partial charge is 0.306 e. The number of carboxylic acid groups (broad SMARTS) is 1. The SMILES string of the molecule is CCC(CCCCC(=NOCc1ccc(OCc2nc(-c3ccccc3)oc2C)cc1)c1ccccc1)C(=O)O. The number of carbonyl (C=O) groups is 1. The molecular weight excluding hydrogens is 504 g/mol. The largest absolute Gasteiger partial charge is 0.487 e. The van der Waals surface area contributed by atoms with Crippen molar-refractivity contribution < 1.29 is 23.9 Å². The summed E-state index contributed by atoms with van der Waals surface area (Å²) in [7, 11) is 0. The minimum Gasteiger partial charge on any atom is -0.487 e. The number of oxazole rings is 1. The first-order valence-corrected chi connectivity index (χ1v) is 13.7. The van der Waals surface area contributed by atoms with Crippen LogP contribution in [-0.4, -0.2) is 21.8 Å². The van der Waals surface area contributed by atoms with Gasteiger partial charge in [-0.05, 0) is 68.0 Å². The third-order valence-corrected chi connectivity index (χ3v) is 6.78. The average molecular weight is 541 g/mol. The van der Waals surface area contributed by atoms with E-state index in [1.165, 1.54) is 0 Å².